The second-order valence-corrected chi connectivity index (χ2v) is 11.4. The number of ether oxygens (including phenoxy) is 1. The predicted octanol–water partition coefficient (Wildman–Crippen LogP) is 3.91. The number of rotatable bonds is 5. The Morgan fingerprint density at radius 2 is 2.00 bits per heavy atom. The molecule has 1 saturated heterocycles. The van der Waals surface area contributed by atoms with Crippen LogP contribution in [-0.4, -0.2) is 67.4 Å². The molecule has 186 valence electrons. The third-order valence-electron chi connectivity index (χ3n) is 5.32. The van der Waals surface area contributed by atoms with Crippen molar-refractivity contribution in [1.29, 1.82) is 0 Å². The van der Waals surface area contributed by atoms with Crippen LogP contribution in [0.5, 0.6) is 0 Å². The van der Waals surface area contributed by atoms with E-state index in [4.69, 9.17) is 4.74 Å². The predicted molar refractivity (Wildman–Crippen MR) is 126 cm³/mol. The molecule has 3 rings (SSSR count). The summed E-state index contributed by atoms with van der Waals surface area (Å²) in [7, 11) is -3.00. The van der Waals surface area contributed by atoms with Crippen LogP contribution in [0.15, 0.2) is 27.9 Å². The SMILES string of the molecule is Cc1cc(S(=O)(=O)N(C(=O)OC(C)(C)C)c2cscn2)c(F)cc1N(C)[C@H]1CCN(C(=O)O)C1. The highest BCUT2D eigenvalue weighted by molar-refractivity contribution is 7.93. The lowest BCUT2D eigenvalue weighted by Crippen LogP contribution is -2.41. The van der Waals surface area contributed by atoms with E-state index < -0.39 is 38.5 Å². The number of hydrogen-bond donors (Lipinski definition) is 1. The molecule has 0 saturated carbocycles. The molecule has 1 atom stereocenters. The lowest BCUT2D eigenvalue weighted by atomic mass is 10.1. The van der Waals surface area contributed by atoms with E-state index in [1.54, 1.807) is 39.6 Å². The van der Waals surface area contributed by atoms with Crippen LogP contribution in [0.4, 0.5) is 25.5 Å². The number of aryl methyl sites for hydroxylation is 1. The van der Waals surface area contributed by atoms with E-state index in [0.29, 0.717) is 28.5 Å². The maximum atomic E-state index is 15.3. The molecule has 1 aromatic heterocycles. The number of benzene rings is 1. The van der Waals surface area contributed by atoms with Crippen molar-refractivity contribution in [3.05, 3.63) is 34.4 Å². The maximum Gasteiger partial charge on any atom is 0.430 e. The zero-order valence-electron chi connectivity index (χ0n) is 19.5. The fraction of sp³-hybridized carbons (Fsp3) is 0.476. The second-order valence-electron chi connectivity index (χ2n) is 8.95. The molecule has 1 aliphatic heterocycles. The monoisotopic (exact) mass is 514 g/mol. The van der Waals surface area contributed by atoms with Gasteiger partial charge in [0.25, 0.3) is 10.0 Å². The van der Waals surface area contributed by atoms with Crippen molar-refractivity contribution in [3.63, 3.8) is 0 Å². The molecule has 1 fully saturated rings. The van der Waals surface area contributed by atoms with Gasteiger partial charge in [-0.1, -0.05) is 0 Å². The zero-order chi connectivity index (χ0) is 25.4. The Kier molecular flexibility index (Phi) is 7.08. The van der Waals surface area contributed by atoms with E-state index in [2.05, 4.69) is 4.98 Å². The summed E-state index contributed by atoms with van der Waals surface area (Å²) >= 11 is 1.07. The van der Waals surface area contributed by atoms with Crippen molar-refractivity contribution < 1.29 is 32.2 Å². The summed E-state index contributed by atoms with van der Waals surface area (Å²) in [6.07, 6.45) is -1.67. The highest BCUT2D eigenvalue weighted by Crippen LogP contribution is 2.33. The minimum Gasteiger partial charge on any atom is -0.465 e. The number of carbonyl (C=O) groups is 2. The number of nitrogens with zero attached hydrogens (tertiary/aromatic N) is 4. The molecule has 0 aliphatic carbocycles. The van der Waals surface area contributed by atoms with Gasteiger partial charge in [0.1, 0.15) is 16.3 Å². The standard InChI is InChI=1S/C21H27FN4O6S2/c1-13-8-17(15(22)9-16(13)24(5)14-6-7-25(10-14)19(27)28)34(30,31)26(18-11-33-12-23-18)20(29)32-21(2,3)4/h8-9,11-12,14H,6-7,10H2,1-5H3,(H,27,28)/t14-/m0/s1. The number of aromatic nitrogens is 1. The summed E-state index contributed by atoms with van der Waals surface area (Å²) < 4.78 is 47.8. The molecule has 10 nitrogen and oxygen atoms in total. The molecule has 13 heteroatoms. The van der Waals surface area contributed by atoms with Crippen LogP contribution in [0.3, 0.4) is 0 Å². The highest BCUT2D eigenvalue weighted by Gasteiger charge is 2.38. The number of carboxylic acid groups (broad SMARTS) is 1. The molecule has 2 aromatic rings. The molecule has 2 heterocycles. The summed E-state index contributed by atoms with van der Waals surface area (Å²) in [5.41, 5.74) is 1.22. The second kappa shape index (κ2) is 9.37. The number of amides is 2. The van der Waals surface area contributed by atoms with Gasteiger partial charge in [0.05, 0.1) is 5.51 Å². The summed E-state index contributed by atoms with van der Waals surface area (Å²) in [6.45, 7) is 6.98. The fourth-order valence-corrected chi connectivity index (χ4v) is 5.67. The van der Waals surface area contributed by atoms with Gasteiger partial charge in [-0.25, -0.2) is 27.4 Å². The number of carbonyl (C=O) groups excluding carboxylic acids is 1. The van der Waals surface area contributed by atoms with Gasteiger partial charge >= 0.3 is 12.2 Å². The first-order chi connectivity index (χ1) is 15.7. The van der Waals surface area contributed by atoms with Crippen molar-refractivity contribution in [2.24, 2.45) is 0 Å². The Morgan fingerprint density at radius 1 is 1.32 bits per heavy atom. The largest absolute Gasteiger partial charge is 0.465 e. The van der Waals surface area contributed by atoms with Crippen LogP contribution in [-0.2, 0) is 14.8 Å². The number of anilines is 2. The summed E-state index contributed by atoms with van der Waals surface area (Å²) in [5.74, 6) is -1.25. The summed E-state index contributed by atoms with van der Waals surface area (Å²) in [5, 5.41) is 10.5. The molecular weight excluding hydrogens is 487 g/mol. The van der Waals surface area contributed by atoms with Gasteiger partial charge in [0.15, 0.2) is 5.82 Å². The molecule has 1 N–H and O–H groups in total. The van der Waals surface area contributed by atoms with Crippen LogP contribution in [0, 0.1) is 12.7 Å². The van der Waals surface area contributed by atoms with Gasteiger partial charge in [0, 0.05) is 37.2 Å². The molecule has 0 radical (unpaired) electrons. The average Bonchev–Trinajstić information content (AvgIpc) is 3.39. The van der Waals surface area contributed by atoms with Gasteiger partial charge in [-0.3, -0.25) is 0 Å². The number of likely N-dealkylation sites (N-methyl/N-ethyl adjacent to an activating group) is 1. The summed E-state index contributed by atoms with van der Waals surface area (Å²) in [4.78, 5) is 30.3. The lowest BCUT2D eigenvalue weighted by Gasteiger charge is -2.29. The Balaban J connectivity index is 1.98. The van der Waals surface area contributed by atoms with Crippen LogP contribution >= 0.6 is 11.3 Å². The van der Waals surface area contributed by atoms with E-state index in [9.17, 15) is 23.1 Å². The Morgan fingerprint density at radius 3 is 2.53 bits per heavy atom. The molecule has 1 aromatic carbocycles. The van der Waals surface area contributed by atoms with Crippen molar-refractivity contribution in [2.45, 2.75) is 50.7 Å². The highest BCUT2D eigenvalue weighted by atomic mass is 32.2. The molecule has 0 unspecified atom stereocenters. The van der Waals surface area contributed by atoms with E-state index in [1.165, 1.54) is 15.8 Å². The fourth-order valence-electron chi connectivity index (χ4n) is 3.67. The Bertz CT molecular complexity index is 1180. The third-order valence-corrected chi connectivity index (χ3v) is 7.58. The first kappa shape index (κ1) is 25.7. The van der Waals surface area contributed by atoms with Gasteiger partial charge in [0.2, 0.25) is 0 Å². The normalized spacial score (nSPS) is 16.4. The van der Waals surface area contributed by atoms with E-state index in [0.717, 1.165) is 23.5 Å². The van der Waals surface area contributed by atoms with Crippen molar-refractivity contribution >= 4 is 45.1 Å². The maximum absolute atomic E-state index is 15.3. The summed E-state index contributed by atoms with van der Waals surface area (Å²) in [6, 6.07) is 2.05. The first-order valence-corrected chi connectivity index (χ1v) is 12.8. The molecule has 1 aliphatic rings. The topological polar surface area (TPSA) is 120 Å². The number of hydrogen-bond acceptors (Lipinski definition) is 8. The van der Waals surface area contributed by atoms with Gasteiger partial charge in [-0.2, -0.15) is 0 Å². The Labute approximate surface area is 201 Å². The van der Waals surface area contributed by atoms with Gasteiger partial charge in [-0.15, -0.1) is 15.6 Å². The number of likely N-dealkylation sites (tertiary alicyclic amines) is 1. The van der Waals surface area contributed by atoms with E-state index in [1.807, 2.05) is 0 Å². The zero-order valence-corrected chi connectivity index (χ0v) is 21.1. The number of halogens is 1. The minimum atomic E-state index is -4.71. The molecule has 0 spiro atoms. The smallest absolute Gasteiger partial charge is 0.430 e. The van der Waals surface area contributed by atoms with Crippen LogP contribution in [0.2, 0.25) is 0 Å². The van der Waals surface area contributed by atoms with Crippen LogP contribution in [0.25, 0.3) is 0 Å². The Hall–Kier alpha value is -2.93. The van der Waals surface area contributed by atoms with Gasteiger partial charge in [-0.05, 0) is 51.8 Å². The lowest BCUT2D eigenvalue weighted by molar-refractivity contribution is 0.0608. The van der Waals surface area contributed by atoms with Crippen molar-refractivity contribution in [3.8, 4) is 0 Å². The third kappa shape index (κ3) is 5.25. The number of sulfonamides is 1. The van der Waals surface area contributed by atoms with Gasteiger partial charge < -0.3 is 19.6 Å². The van der Waals surface area contributed by atoms with E-state index >= 15 is 4.39 Å². The van der Waals surface area contributed by atoms with Crippen LogP contribution < -0.4 is 9.21 Å². The van der Waals surface area contributed by atoms with Crippen molar-refractivity contribution in [1.82, 2.24) is 9.88 Å². The van der Waals surface area contributed by atoms with Crippen molar-refractivity contribution in [2.75, 3.05) is 29.3 Å². The molecule has 2 amide bonds. The average molecular weight is 515 g/mol. The molecule has 34 heavy (non-hydrogen) atoms. The minimum absolute atomic E-state index is 0.190. The molecular formula is C21H27FN4O6S2. The number of thiazole rings is 1. The quantitative estimate of drug-likeness (QED) is 0.638. The van der Waals surface area contributed by atoms with E-state index in [-0.39, 0.29) is 18.4 Å². The first-order valence-electron chi connectivity index (χ1n) is 10.4. The van der Waals surface area contributed by atoms with Crippen LogP contribution in [0.1, 0.15) is 32.8 Å². The molecule has 0 bridgehead atoms.